The number of oxazole rings is 1. The van der Waals surface area contributed by atoms with Gasteiger partial charge < -0.3 is 9.73 Å². The minimum atomic E-state index is 0.408. The highest BCUT2D eigenvalue weighted by Crippen LogP contribution is 2.26. The number of nitrogens with one attached hydrogen (secondary N) is 1. The van der Waals surface area contributed by atoms with Crippen LogP contribution in [-0.4, -0.2) is 11.0 Å². The fourth-order valence-electron chi connectivity index (χ4n) is 1.51. The van der Waals surface area contributed by atoms with Gasteiger partial charge in [-0.1, -0.05) is 37.0 Å². The fourth-order valence-corrected chi connectivity index (χ4v) is 2.03. The third-order valence-electron chi connectivity index (χ3n) is 2.35. The molecule has 2 aromatic rings. The first-order chi connectivity index (χ1) is 8.54. The second kappa shape index (κ2) is 5.74. The van der Waals surface area contributed by atoms with Gasteiger partial charge in [-0.25, -0.2) is 4.98 Å². The number of nitrogens with zero attached hydrogens (tertiary/aromatic N) is 1. The van der Waals surface area contributed by atoms with Crippen molar-refractivity contribution in [3.05, 3.63) is 40.2 Å². The molecular weight excluding hydrogens is 271 g/mol. The van der Waals surface area contributed by atoms with Gasteiger partial charge in [0, 0.05) is 28.2 Å². The van der Waals surface area contributed by atoms with Gasteiger partial charge in [-0.3, -0.25) is 0 Å². The van der Waals surface area contributed by atoms with Gasteiger partial charge >= 0.3 is 0 Å². The SMILES string of the molecule is CC(C)NCc1coc(-c2cc(Cl)cc(Cl)c2)n1. The molecule has 3 nitrogen and oxygen atoms in total. The van der Waals surface area contributed by atoms with Gasteiger partial charge in [-0.05, 0) is 18.2 Å². The summed E-state index contributed by atoms with van der Waals surface area (Å²) in [7, 11) is 0. The number of aromatic nitrogens is 1. The van der Waals surface area contributed by atoms with Gasteiger partial charge in [-0.15, -0.1) is 0 Å². The molecule has 0 fully saturated rings. The first-order valence-electron chi connectivity index (χ1n) is 5.69. The Morgan fingerprint density at radius 3 is 2.50 bits per heavy atom. The molecule has 0 radical (unpaired) electrons. The monoisotopic (exact) mass is 284 g/mol. The predicted octanol–water partition coefficient (Wildman–Crippen LogP) is 4.15. The third-order valence-corrected chi connectivity index (χ3v) is 2.79. The summed E-state index contributed by atoms with van der Waals surface area (Å²) in [6, 6.07) is 5.64. The summed E-state index contributed by atoms with van der Waals surface area (Å²) in [4.78, 5) is 4.39. The standard InChI is InChI=1S/C13H14Cl2N2O/c1-8(2)16-6-12-7-18-13(17-12)9-3-10(14)5-11(15)4-9/h3-5,7-8,16H,6H2,1-2H3. The van der Waals surface area contributed by atoms with Crippen LogP contribution >= 0.6 is 23.2 Å². The van der Waals surface area contributed by atoms with Crippen molar-refractivity contribution >= 4 is 23.2 Å². The average Bonchev–Trinajstić information content (AvgIpc) is 2.73. The Morgan fingerprint density at radius 1 is 1.22 bits per heavy atom. The second-order valence-corrected chi connectivity index (χ2v) is 5.21. The molecular formula is C13H14Cl2N2O. The van der Waals surface area contributed by atoms with Crippen LogP contribution in [0.5, 0.6) is 0 Å². The quantitative estimate of drug-likeness (QED) is 0.917. The van der Waals surface area contributed by atoms with Gasteiger partial charge in [0.2, 0.25) is 5.89 Å². The maximum absolute atomic E-state index is 5.94. The van der Waals surface area contributed by atoms with Crippen molar-refractivity contribution in [2.45, 2.75) is 26.4 Å². The Hall–Kier alpha value is -1.03. The molecule has 1 heterocycles. The van der Waals surface area contributed by atoms with Crippen molar-refractivity contribution in [3.8, 4) is 11.5 Å². The lowest BCUT2D eigenvalue weighted by Gasteiger charge is -2.04. The third kappa shape index (κ3) is 3.48. The highest BCUT2D eigenvalue weighted by atomic mass is 35.5. The Kier molecular flexibility index (Phi) is 4.27. The molecule has 0 unspecified atom stereocenters. The van der Waals surface area contributed by atoms with Gasteiger partial charge in [0.05, 0.1) is 5.69 Å². The van der Waals surface area contributed by atoms with E-state index in [1.807, 2.05) is 0 Å². The van der Waals surface area contributed by atoms with E-state index in [4.69, 9.17) is 27.6 Å². The fraction of sp³-hybridized carbons (Fsp3) is 0.308. The van der Waals surface area contributed by atoms with Crippen LogP contribution in [0, 0.1) is 0 Å². The molecule has 0 saturated heterocycles. The Balaban J connectivity index is 2.18. The highest BCUT2D eigenvalue weighted by Gasteiger charge is 2.08. The highest BCUT2D eigenvalue weighted by molar-refractivity contribution is 6.35. The maximum Gasteiger partial charge on any atom is 0.226 e. The molecule has 1 N–H and O–H groups in total. The van der Waals surface area contributed by atoms with E-state index in [1.165, 1.54) is 0 Å². The maximum atomic E-state index is 5.94. The minimum Gasteiger partial charge on any atom is -0.444 e. The predicted molar refractivity (Wildman–Crippen MR) is 73.9 cm³/mol. The summed E-state index contributed by atoms with van der Waals surface area (Å²) in [5, 5.41) is 4.41. The van der Waals surface area contributed by atoms with Gasteiger partial charge in [0.1, 0.15) is 6.26 Å². The lowest BCUT2D eigenvalue weighted by Crippen LogP contribution is -2.21. The van der Waals surface area contributed by atoms with Gasteiger partial charge in [0.25, 0.3) is 0 Å². The van der Waals surface area contributed by atoms with Crippen molar-refractivity contribution in [1.82, 2.24) is 10.3 Å². The number of hydrogen-bond donors (Lipinski definition) is 1. The van der Waals surface area contributed by atoms with Gasteiger partial charge in [0.15, 0.2) is 0 Å². The molecule has 0 bridgehead atoms. The molecule has 18 heavy (non-hydrogen) atoms. The minimum absolute atomic E-state index is 0.408. The molecule has 1 aromatic carbocycles. The first kappa shape index (κ1) is 13.4. The van der Waals surface area contributed by atoms with Crippen molar-refractivity contribution in [2.24, 2.45) is 0 Å². The van der Waals surface area contributed by atoms with E-state index in [-0.39, 0.29) is 0 Å². The van der Waals surface area contributed by atoms with Crippen LogP contribution in [0.2, 0.25) is 10.0 Å². The van der Waals surface area contributed by atoms with Crippen LogP contribution < -0.4 is 5.32 Å². The largest absolute Gasteiger partial charge is 0.444 e. The Morgan fingerprint density at radius 2 is 1.89 bits per heavy atom. The molecule has 0 aliphatic carbocycles. The molecule has 0 spiro atoms. The molecule has 0 aliphatic rings. The molecule has 0 aliphatic heterocycles. The number of rotatable bonds is 4. The molecule has 0 atom stereocenters. The van der Waals surface area contributed by atoms with Crippen LogP contribution in [0.15, 0.2) is 28.9 Å². The normalized spacial score (nSPS) is 11.2. The van der Waals surface area contributed by atoms with E-state index in [9.17, 15) is 0 Å². The summed E-state index contributed by atoms with van der Waals surface area (Å²) in [6.07, 6.45) is 1.64. The number of benzene rings is 1. The topological polar surface area (TPSA) is 38.1 Å². The zero-order valence-electron chi connectivity index (χ0n) is 10.2. The Bertz CT molecular complexity index is 517. The van der Waals surface area contributed by atoms with E-state index in [1.54, 1.807) is 24.5 Å². The zero-order chi connectivity index (χ0) is 13.1. The molecule has 0 saturated carbocycles. The van der Waals surface area contributed by atoms with Gasteiger partial charge in [-0.2, -0.15) is 0 Å². The smallest absolute Gasteiger partial charge is 0.226 e. The summed E-state index contributed by atoms with van der Waals surface area (Å²) in [6.45, 7) is 4.84. The van der Waals surface area contributed by atoms with Crippen molar-refractivity contribution in [3.63, 3.8) is 0 Å². The van der Waals surface area contributed by atoms with E-state index in [2.05, 4.69) is 24.1 Å². The number of hydrogen-bond acceptors (Lipinski definition) is 3. The van der Waals surface area contributed by atoms with Crippen LogP contribution in [0.3, 0.4) is 0 Å². The van der Waals surface area contributed by atoms with E-state index < -0.39 is 0 Å². The van der Waals surface area contributed by atoms with Crippen molar-refractivity contribution in [1.29, 1.82) is 0 Å². The average molecular weight is 285 g/mol. The summed E-state index contributed by atoms with van der Waals surface area (Å²) >= 11 is 11.9. The van der Waals surface area contributed by atoms with Crippen molar-refractivity contribution in [2.75, 3.05) is 0 Å². The summed E-state index contributed by atoms with van der Waals surface area (Å²) < 4.78 is 5.42. The zero-order valence-corrected chi connectivity index (χ0v) is 11.7. The molecule has 0 amide bonds. The summed E-state index contributed by atoms with van der Waals surface area (Å²) in [5.74, 6) is 0.528. The number of halogens is 2. The van der Waals surface area contributed by atoms with Crippen LogP contribution in [0.1, 0.15) is 19.5 Å². The van der Waals surface area contributed by atoms with E-state index in [0.717, 1.165) is 11.3 Å². The van der Waals surface area contributed by atoms with Crippen LogP contribution in [0.25, 0.3) is 11.5 Å². The lowest BCUT2D eigenvalue weighted by molar-refractivity contribution is 0.560. The second-order valence-electron chi connectivity index (χ2n) is 4.34. The lowest BCUT2D eigenvalue weighted by atomic mass is 10.2. The Labute approximate surface area is 116 Å². The molecule has 1 aromatic heterocycles. The van der Waals surface area contributed by atoms with Crippen LogP contribution in [0.4, 0.5) is 0 Å². The summed E-state index contributed by atoms with van der Waals surface area (Å²) in [5.41, 5.74) is 1.64. The van der Waals surface area contributed by atoms with Crippen LogP contribution in [-0.2, 0) is 6.54 Å². The molecule has 2 rings (SSSR count). The molecule has 5 heteroatoms. The van der Waals surface area contributed by atoms with E-state index in [0.29, 0.717) is 28.5 Å². The van der Waals surface area contributed by atoms with Crippen molar-refractivity contribution < 1.29 is 4.42 Å². The first-order valence-corrected chi connectivity index (χ1v) is 6.44. The molecule has 96 valence electrons. The van der Waals surface area contributed by atoms with E-state index >= 15 is 0 Å².